The maximum absolute atomic E-state index is 13.3. The van der Waals surface area contributed by atoms with Crippen LogP contribution in [-0.4, -0.2) is 32.3 Å². The highest BCUT2D eigenvalue weighted by Gasteiger charge is 2.44. The minimum Gasteiger partial charge on any atom is -0.383 e. The third-order valence-electron chi connectivity index (χ3n) is 5.52. The zero-order chi connectivity index (χ0) is 22.1. The van der Waals surface area contributed by atoms with Crippen LogP contribution < -0.4 is 11.5 Å². The van der Waals surface area contributed by atoms with Gasteiger partial charge < -0.3 is 11.5 Å². The number of hydrazone groups is 1. The molecule has 1 saturated carbocycles. The van der Waals surface area contributed by atoms with Gasteiger partial charge in [0.25, 0.3) is 5.91 Å². The van der Waals surface area contributed by atoms with E-state index in [0.29, 0.717) is 16.8 Å². The summed E-state index contributed by atoms with van der Waals surface area (Å²) in [6.45, 7) is 0. The molecular weight excluding hydrogens is 460 g/mol. The molecule has 0 saturated heterocycles. The van der Waals surface area contributed by atoms with E-state index in [1.807, 2.05) is 6.07 Å². The molecule has 0 unspecified atom stereocenters. The average Bonchev–Trinajstić information content (AvgIpc) is 3.52. The van der Waals surface area contributed by atoms with Crippen molar-refractivity contribution in [2.75, 3.05) is 17.2 Å². The van der Waals surface area contributed by atoms with Crippen molar-refractivity contribution in [3.05, 3.63) is 56.4 Å². The fourth-order valence-electron chi connectivity index (χ4n) is 4.21. The summed E-state index contributed by atoms with van der Waals surface area (Å²) in [5.74, 6) is 0.884. The third kappa shape index (κ3) is 4.30. The lowest BCUT2D eigenvalue weighted by Crippen LogP contribution is -2.32. The first-order chi connectivity index (χ1) is 15.6. The molecular formula is C22H22N6OS3. The predicted octanol–water partition coefficient (Wildman–Crippen LogP) is 4.68. The van der Waals surface area contributed by atoms with Gasteiger partial charge in [-0.15, -0.1) is 22.7 Å². The molecule has 32 heavy (non-hydrogen) atoms. The Morgan fingerprint density at radius 1 is 1.19 bits per heavy atom. The van der Waals surface area contributed by atoms with E-state index in [0.717, 1.165) is 29.9 Å². The second-order valence-electron chi connectivity index (χ2n) is 7.66. The molecule has 2 aliphatic rings. The smallest absolute Gasteiger partial charge is 0.253 e. The summed E-state index contributed by atoms with van der Waals surface area (Å²) in [4.78, 5) is 24.0. The topological polar surface area (TPSA) is 110 Å². The Labute approximate surface area is 198 Å². The Hall–Kier alpha value is -2.69. The van der Waals surface area contributed by atoms with E-state index < -0.39 is 0 Å². The number of thioether (sulfide) groups is 1. The van der Waals surface area contributed by atoms with Crippen molar-refractivity contribution in [3.8, 4) is 0 Å². The number of nitrogens with two attached hydrogens (primary N) is 2. The van der Waals surface area contributed by atoms with Crippen LogP contribution in [0.1, 0.15) is 35.1 Å². The van der Waals surface area contributed by atoms with E-state index in [1.165, 1.54) is 28.3 Å². The molecule has 5 rings (SSSR count). The van der Waals surface area contributed by atoms with Gasteiger partial charge in [0.05, 0.1) is 17.5 Å². The summed E-state index contributed by atoms with van der Waals surface area (Å²) in [7, 11) is 0. The van der Waals surface area contributed by atoms with Gasteiger partial charge in [-0.1, -0.05) is 23.9 Å². The number of fused-ring (bicyclic) bond motifs is 1. The second kappa shape index (κ2) is 9.05. The van der Waals surface area contributed by atoms with Gasteiger partial charge in [0.2, 0.25) is 0 Å². The molecule has 3 aromatic rings. The number of nitrogens with zero attached hydrogens (tertiary/aromatic N) is 4. The van der Waals surface area contributed by atoms with Gasteiger partial charge in [0.1, 0.15) is 11.6 Å². The summed E-state index contributed by atoms with van der Waals surface area (Å²) >= 11 is 4.62. The number of amides is 1. The number of carbonyl (C=O) groups is 1. The minimum atomic E-state index is -0.0737. The quantitative estimate of drug-likeness (QED) is 0.404. The highest BCUT2D eigenvalue weighted by Crippen LogP contribution is 2.45. The SMILES string of the molecule is Nc1cc(N)nc(SCC(=O)N2N=C3/C(=C/c4cccs4)CCC[C@H]3[C@H]2c2cccs2)n1. The highest BCUT2D eigenvalue weighted by molar-refractivity contribution is 7.99. The molecule has 0 radical (unpaired) electrons. The Kier molecular flexibility index (Phi) is 5.99. The standard InChI is InChI=1S/C22H22N6OS3/c23-17-11-18(24)26-22(25-17)32-12-19(29)28-21(16-7-3-9-31-16)15-6-1-4-13(20(15)27-28)10-14-5-2-8-30-14/h2-3,5,7-11,15,21H,1,4,6,12H2,(H4,23,24,25,26)/b13-10+/t15-,21+/m1/s1. The van der Waals surface area contributed by atoms with Gasteiger partial charge in [-0.25, -0.2) is 15.0 Å². The zero-order valence-electron chi connectivity index (χ0n) is 17.2. The van der Waals surface area contributed by atoms with Crippen LogP contribution in [0.25, 0.3) is 6.08 Å². The van der Waals surface area contributed by atoms with E-state index in [2.05, 4.69) is 45.0 Å². The zero-order valence-corrected chi connectivity index (χ0v) is 19.6. The van der Waals surface area contributed by atoms with Gasteiger partial charge >= 0.3 is 0 Å². The van der Waals surface area contributed by atoms with Crippen LogP contribution in [-0.2, 0) is 4.79 Å². The van der Waals surface area contributed by atoms with Crippen LogP contribution in [0.2, 0.25) is 0 Å². The summed E-state index contributed by atoms with van der Waals surface area (Å²) < 4.78 is 0. The van der Waals surface area contributed by atoms with Crippen molar-refractivity contribution < 1.29 is 4.79 Å². The molecule has 4 heterocycles. The first-order valence-corrected chi connectivity index (χ1v) is 13.0. The molecule has 1 aliphatic carbocycles. The number of thiophene rings is 2. The number of rotatable bonds is 5. The summed E-state index contributed by atoms with van der Waals surface area (Å²) in [5.41, 5.74) is 13.8. The van der Waals surface area contributed by atoms with Crippen molar-refractivity contribution in [1.29, 1.82) is 0 Å². The number of allylic oxidation sites excluding steroid dienone is 1. The van der Waals surface area contributed by atoms with Crippen LogP contribution in [0.3, 0.4) is 0 Å². The van der Waals surface area contributed by atoms with Gasteiger partial charge in [-0.05, 0) is 53.8 Å². The molecule has 10 heteroatoms. The van der Waals surface area contributed by atoms with Crippen LogP contribution in [0.15, 0.2) is 56.9 Å². The van der Waals surface area contributed by atoms with E-state index in [-0.39, 0.29) is 23.6 Å². The van der Waals surface area contributed by atoms with Crippen molar-refractivity contribution in [1.82, 2.24) is 15.0 Å². The summed E-state index contributed by atoms with van der Waals surface area (Å²) in [6.07, 6.45) is 5.33. The van der Waals surface area contributed by atoms with Crippen LogP contribution >= 0.6 is 34.4 Å². The average molecular weight is 483 g/mol. The third-order valence-corrected chi connectivity index (χ3v) is 8.12. The highest BCUT2D eigenvalue weighted by atomic mass is 32.2. The Morgan fingerprint density at radius 2 is 1.97 bits per heavy atom. The van der Waals surface area contributed by atoms with Crippen molar-refractivity contribution in [2.24, 2.45) is 11.0 Å². The van der Waals surface area contributed by atoms with Crippen molar-refractivity contribution >= 4 is 63.8 Å². The molecule has 1 amide bonds. The number of hydrogen-bond donors (Lipinski definition) is 2. The summed E-state index contributed by atoms with van der Waals surface area (Å²) in [6, 6.07) is 9.73. The first kappa shape index (κ1) is 21.2. The van der Waals surface area contributed by atoms with E-state index in [4.69, 9.17) is 16.6 Å². The first-order valence-electron chi connectivity index (χ1n) is 10.3. The van der Waals surface area contributed by atoms with Crippen LogP contribution in [0, 0.1) is 5.92 Å². The van der Waals surface area contributed by atoms with Gasteiger partial charge in [0, 0.05) is 21.7 Å². The maximum atomic E-state index is 13.3. The molecule has 3 aromatic heterocycles. The molecule has 0 spiro atoms. The molecule has 1 fully saturated rings. The minimum absolute atomic E-state index is 0.0723. The van der Waals surface area contributed by atoms with Gasteiger partial charge in [-0.3, -0.25) is 4.79 Å². The lowest BCUT2D eigenvalue weighted by Gasteiger charge is -2.28. The largest absolute Gasteiger partial charge is 0.383 e. The molecule has 2 atom stereocenters. The summed E-state index contributed by atoms with van der Waals surface area (Å²) in [5, 5.41) is 11.1. The Morgan fingerprint density at radius 3 is 2.69 bits per heavy atom. The van der Waals surface area contributed by atoms with E-state index in [1.54, 1.807) is 27.7 Å². The Balaban J connectivity index is 1.43. The predicted molar refractivity (Wildman–Crippen MR) is 133 cm³/mol. The Bertz CT molecular complexity index is 1150. The molecule has 4 N–H and O–H groups in total. The number of hydrogen-bond acceptors (Lipinski definition) is 9. The van der Waals surface area contributed by atoms with E-state index in [9.17, 15) is 4.79 Å². The number of nitrogen functional groups attached to an aromatic ring is 2. The fourth-order valence-corrected chi connectivity index (χ4v) is 6.49. The number of anilines is 2. The molecule has 1 aliphatic heterocycles. The van der Waals surface area contributed by atoms with E-state index >= 15 is 0 Å². The lowest BCUT2D eigenvalue weighted by atomic mass is 9.79. The van der Waals surface area contributed by atoms with Gasteiger partial charge in [0.15, 0.2) is 5.16 Å². The molecule has 7 nitrogen and oxygen atoms in total. The van der Waals surface area contributed by atoms with Crippen LogP contribution in [0.4, 0.5) is 11.6 Å². The molecule has 164 valence electrons. The normalized spacial score (nSPS) is 21.6. The number of carbonyl (C=O) groups excluding carboxylic acids is 1. The lowest BCUT2D eigenvalue weighted by molar-refractivity contribution is -0.130. The second-order valence-corrected chi connectivity index (χ2v) is 10.6. The molecule has 0 aromatic carbocycles. The number of aromatic nitrogens is 2. The monoisotopic (exact) mass is 482 g/mol. The fraction of sp³-hybridized carbons (Fsp3) is 0.273. The van der Waals surface area contributed by atoms with Crippen molar-refractivity contribution in [2.45, 2.75) is 30.5 Å². The maximum Gasteiger partial charge on any atom is 0.253 e. The van der Waals surface area contributed by atoms with Crippen LogP contribution in [0.5, 0.6) is 0 Å². The molecule has 0 bridgehead atoms. The van der Waals surface area contributed by atoms with Gasteiger partial charge in [-0.2, -0.15) is 5.10 Å². The van der Waals surface area contributed by atoms with Crippen molar-refractivity contribution in [3.63, 3.8) is 0 Å².